The first-order chi connectivity index (χ1) is 8.58. The SMILES string of the molecule is COc1cc(N[C@H]2CC[C@@H](C(=O)O)C2)nc(C)n1. The number of carboxylic acid groups (broad SMARTS) is 1. The third kappa shape index (κ3) is 2.88. The van der Waals surface area contributed by atoms with Crippen LogP contribution in [0.5, 0.6) is 5.88 Å². The fraction of sp³-hybridized carbons (Fsp3) is 0.583. The zero-order valence-corrected chi connectivity index (χ0v) is 10.5. The Morgan fingerprint density at radius 2 is 2.28 bits per heavy atom. The second-order valence-corrected chi connectivity index (χ2v) is 4.53. The molecule has 1 aromatic rings. The Labute approximate surface area is 105 Å². The Morgan fingerprint density at radius 1 is 1.50 bits per heavy atom. The molecule has 0 spiro atoms. The molecule has 0 radical (unpaired) electrons. The van der Waals surface area contributed by atoms with Crippen LogP contribution >= 0.6 is 0 Å². The van der Waals surface area contributed by atoms with Crippen molar-refractivity contribution in [3.63, 3.8) is 0 Å². The number of anilines is 1. The van der Waals surface area contributed by atoms with E-state index in [0.29, 0.717) is 30.4 Å². The summed E-state index contributed by atoms with van der Waals surface area (Å²) in [7, 11) is 1.56. The van der Waals surface area contributed by atoms with Crippen LogP contribution in [0.1, 0.15) is 25.1 Å². The van der Waals surface area contributed by atoms with E-state index in [1.807, 2.05) is 0 Å². The molecule has 1 aliphatic carbocycles. The number of methoxy groups -OCH3 is 1. The van der Waals surface area contributed by atoms with Gasteiger partial charge in [0.2, 0.25) is 5.88 Å². The third-order valence-corrected chi connectivity index (χ3v) is 3.16. The van der Waals surface area contributed by atoms with Crippen LogP contribution in [0.4, 0.5) is 5.82 Å². The lowest BCUT2D eigenvalue weighted by molar-refractivity contribution is -0.141. The number of nitrogens with one attached hydrogen (secondary N) is 1. The van der Waals surface area contributed by atoms with E-state index in [0.717, 1.165) is 6.42 Å². The molecule has 1 saturated carbocycles. The Morgan fingerprint density at radius 3 is 2.89 bits per heavy atom. The van der Waals surface area contributed by atoms with E-state index >= 15 is 0 Å². The number of aryl methyl sites for hydroxylation is 1. The first kappa shape index (κ1) is 12.6. The number of carboxylic acids is 1. The van der Waals surface area contributed by atoms with Crippen molar-refractivity contribution in [1.29, 1.82) is 0 Å². The molecule has 2 rings (SSSR count). The summed E-state index contributed by atoms with van der Waals surface area (Å²) in [4.78, 5) is 19.2. The van der Waals surface area contributed by atoms with E-state index in [1.165, 1.54) is 0 Å². The van der Waals surface area contributed by atoms with Gasteiger partial charge in [-0.2, -0.15) is 4.98 Å². The third-order valence-electron chi connectivity index (χ3n) is 3.16. The number of carbonyl (C=O) groups is 1. The summed E-state index contributed by atoms with van der Waals surface area (Å²) in [6.07, 6.45) is 2.21. The number of hydrogen-bond acceptors (Lipinski definition) is 5. The highest BCUT2D eigenvalue weighted by atomic mass is 16.5. The van der Waals surface area contributed by atoms with Crippen molar-refractivity contribution >= 4 is 11.8 Å². The lowest BCUT2D eigenvalue weighted by Gasteiger charge is -2.14. The van der Waals surface area contributed by atoms with Crippen molar-refractivity contribution in [2.24, 2.45) is 5.92 Å². The molecular weight excluding hydrogens is 234 g/mol. The van der Waals surface area contributed by atoms with Crippen LogP contribution in [-0.2, 0) is 4.79 Å². The van der Waals surface area contributed by atoms with Crippen molar-refractivity contribution in [1.82, 2.24) is 9.97 Å². The highest BCUT2D eigenvalue weighted by molar-refractivity contribution is 5.70. The van der Waals surface area contributed by atoms with Crippen LogP contribution in [-0.4, -0.2) is 34.2 Å². The Balaban J connectivity index is 2.02. The molecule has 6 heteroatoms. The predicted octanol–water partition coefficient (Wildman–Crippen LogP) is 1.46. The van der Waals surface area contributed by atoms with Crippen molar-refractivity contribution in [2.45, 2.75) is 32.2 Å². The standard InChI is InChI=1S/C12H17N3O3/c1-7-13-10(6-11(14-7)18-2)15-9-4-3-8(5-9)12(16)17/h6,8-9H,3-5H2,1-2H3,(H,16,17)(H,13,14,15)/t8-,9+/m1/s1. The summed E-state index contributed by atoms with van der Waals surface area (Å²) in [6, 6.07) is 1.88. The molecule has 1 aliphatic rings. The second-order valence-electron chi connectivity index (χ2n) is 4.53. The van der Waals surface area contributed by atoms with Crippen LogP contribution < -0.4 is 10.1 Å². The summed E-state index contributed by atoms with van der Waals surface area (Å²) < 4.78 is 5.07. The minimum Gasteiger partial charge on any atom is -0.481 e. The Kier molecular flexibility index (Phi) is 3.64. The molecule has 0 bridgehead atoms. The lowest BCUT2D eigenvalue weighted by atomic mass is 10.1. The average Bonchev–Trinajstić information content (AvgIpc) is 2.76. The maximum atomic E-state index is 10.9. The van der Waals surface area contributed by atoms with Gasteiger partial charge in [-0.1, -0.05) is 0 Å². The van der Waals surface area contributed by atoms with E-state index in [4.69, 9.17) is 9.84 Å². The van der Waals surface area contributed by atoms with Gasteiger partial charge in [0.15, 0.2) is 0 Å². The van der Waals surface area contributed by atoms with E-state index in [1.54, 1.807) is 20.1 Å². The van der Waals surface area contributed by atoms with Crippen LogP contribution in [0.2, 0.25) is 0 Å². The number of aliphatic carboxylic acids is 1. The largest absolute Gasteiger partial charge is 0.481 e. The molecular formula is C12H17N3O3. The molecule has 6 nitrogen and oxygen atoms in total. The monoisotopic (exact) mass is 251 g/mol. The van der Waals surface area contributed by atoms with Gasteiger partial charge >= 0.3 is 5.97 Å². The van der Waals surface area contributed by atoms with Gasteiger partial charge in [-0.05, 0) is 26.2 Å². The molecule has 0 amide bonds. The topological polar surface area (TPSA) is 84.3 Å². The number of nitrogens with zero attached hydrogens (tertiary/aromatic N) is 2. The van der Waals surface area contributed by atoms with Crippen molar-refractivity contribution in [3.05, 3.63) is 11.9 Å². The van der Waals surface area contributed by atoms with E-state index in [2.05, 4.69) is 15.3 Å². The zero-order valence-electron chi connectivity index (χ0n) is 10.5. The molecule has 1 fully saturated rings. The Bertz CT molecular complexity index is 450. The smallest absolute Gasteiger partial charge is 0.306 e. The summed E-state index contributed by atoms with van der Waals surface area (Å²) >= 11 is 0. The predicted molar refractivity (Wildman–Crippen MR) is 65.7 cm³/mol. The van der Waals surface area contributed by atoms with Crippen LogP contribution in [0.3, 0.4) is 0 Å². The van der Waals surface area contributed by atoms with Crippen molar-refractivity contribution in [2.75, 3.05) is 12.4 Å². The zero-order chi connectivity index (χ0) is 13.1. The summed E-state index contributed by atoms with van der Waals surface area (Å²) in [6.45, 7) is 1.79. The van der Waals surface area contributed by atoms with Gasteiger partial charge in [0, 0.05) is 12.1 Å². The molecule has 98 valence electrons. The van der Waals surface area contributed by atoms with Crippen LogP contribution in [0.25, 0.3) is 0 Å². The fourth-order valence-electron chi connectivity index (χ4n) is 2.26. The van der Waals surface area contributed by atoms with E-state index < -0.39 is 5.97 Å². The summed E-state index contributed by atoms with van der Waals surface area (Å²) in [5, 5.41) is 12.2. The molecule has 0 unspecified atom stereocenters. The van der Waals surface area contributed by atoms with Gasteiger partial charge in [0.1, 0.15) is 11.6 Å². The maximum Gasteiger partial charge on any atom is 0.306 e. The minimum absolute atomic E-state index is 0.158. The molecule has 2 N–H and O–H groups in total. The molecule has 0 saturated heterocycles. The fourth-order valence-corrected chi connectivity index (χ4v) is 2.26. The average molecular weight is 251 g/mol. The maximum absolute atomic E-state index is 10.9. The Hall–Kier alpha value is -1.85. The summed E-state index contributed by atoms with van der Waals surface area (Å²) in [5.41, 5.74) is 0. The van der Waals surface area contributed by atoms with Gasteiger partial charge < -0.3 is 15.2 Å². The quantitative estimate of drug-likeness (QED) is 0.842. The van der Waals surface area contributed by atoms with E-state index in [9.17, 15) is 4.79 Å². The number of rotatable bonds is 4. The first-order valence-corrected chi connectivity index (χ1v) is 5.97. The second kappa shape index (κ2) is 5.20. The van der Waals surface area contributed by atoms with Gasteiger partial charge in [0.25, 0.3) is 0 Å². The van der Waals surface area contributed by atoms with Gasteiger partial charge in [0.05, 0.1) is 13.0 Å². The normalized spacial score (nSPS) is 22.8. The lowest BCUT2D eigenvalue weighted by Crippen LogP contribution is -2.19. The molecule has 18 heavy (non-hydrogen) atoms. The highest BCUT2D eigenvalue weighted by Gasteiger charge is 2.29. The number of ether oxygens (including phenoxy) is 1. The number of aromatic nitrogens is 2. The summed E-state index contributed by atoms with van der Waals surface area (Å²) in [5.74, 6) is 0.876. The van der Waals surface area contributed by atoms with Gasteiger partial charge in [-0.15, -0.1) is 0 Å². The highest BCUT2D eigenvalue weighted by Crippen LogP contribution is 2.28. The molecule has 1 heterocycles. The van der Waals surface area contributed by atoms with Crippen LogP contribution in [0, 0.1) is 12.8 Å². The first-order valence-electron chi connectivity index (χ1n) is 5.97. The molecule has 0 aliphatic heterocycles. The van der Waals surface area contributed by atoms with Crippen LogP contribution in [0.15, 0.2) is 6.07 Å². The van der Waals surface area contributed by atoms with Crippen molar-refractivity contribution < 1.29 is 14.6 Å². The van der Waals surface area contributed by atoms with E-state index in [-0.39, 0.29) is 12.0 Å². The molecule has 2 atom stereocenters. The number of hydrogen-bond donors (Lipinski definition) is 2. The van der Waals surface area contributed by atoms with Crippen molar-refractivity contribution in [3.8, 4) is 5.88 Å². The minimum atomic E-state index is -0.712. The molecule has 0 aromatic carbocycles. The van der Waals surface area contributed by atoms with Gasteiger partial charge in [-0.3, -0.25) is 4.79 Å². The van der Waals surface area contributed by atoms with Gasteiger partial charge in [-0.25, -0.2) is 4.98 Å². The molecule has 1 aromatic heterocycles.